The summed E-state index contributed by atoms with van der Waals surface area (Å²) in [6.07, 6.45) is -1.27. The number of amides is 3. The maximum atomic E-state index is 14.1. The number of para-hydroxylation sites is 1. The molecular weight excluding hydrogens is 500 g/mol. The molecule has 0 spiro atoms. The molecule has 0 fully saturated rings. The highest BCUT2D eigenvalue weighted by Crippen LogP contribution is 2.29. The Hall–Kier alpha value is -5.04. The summed E-state index contributed by atoms with van der Waals surface area (Å²) >= 11 is 0. The first-order valence-electron chi connectivity index (χ1n) is 13.1. The predicted octanol–water partition coefficient (Wildman–Crippen LogP) is 5.83. The first kappa shape index (κ1) is 26.6. The van der Waals surface area contributed by atoms with Crippen molar-refractivity contribution >= 4 is 34.8 Å². The summed E-state index contributed by atoms with van der Waals surface area (Å²) in [6.45, 7) is 5.56. The molecule has 2 N–H and O–H groups in total. The quantitative estimate of drug-likeness (QED) is 0.308. The monoisotopic (exact) mass is 530 g/mol. The number of carbonyl (C=O) groups is 3. The van der Waals surface area contributed by atoms with E-state index in [9.17, 15) is 14.4 Å². The maximum Gasteiger partial charge on any atom is 0.321 e. The number of fused-ring (bicyclic) bond motifs is 1. The van der Waals surface area contributed by atoms with Gasteiger partial charge in [0.1, 0.15) is 0 Å². The second kappa shape index (κ2) is 11.4. The summed E-state index contributed by atoms with van der Waals surface area (Å²) < 4.78 is 0. The smallest absolute Gasteiger partial charge is 0.308 e. The fraction of sp³-hybridized carbons (Fsp3) is 0.152. The van der Waals surface area contributed by atoms with Gasteiger partial charge in [0, 0.05) is 22.4 Å². The summed E-state index contributed by atoms with van der Waals surface area (Å²) in [5.41, 5.74) is 6.56. The molecule has 5 rings (SSSR count). The molecule has 7 heteroatoms. The van der Waals surface area contributed by atoms with Gasteiger partial charge in [-0.1, -0.05) is 78.9 Å². The molecule has 1 atom stereocenters. The number of hydrogen-bond donors (Lipinski definition) is 2. The van der Waals surface area contributed by atoms with Crippen molar-refractivity contribution in [1.29, 1.82) is 0 Å². The normalized spacial score (nSPS) is 14.6. The van der Waals surface area contributed by atoms with Crippen LogP contribution in [0.5, 0.6) is 0 Å². The number of hydrogen-bond acceptors (Lipinski definition) is 4. The van der Waals surface area contributed by atoms with Crippen LogP contribution in [0.4, 0.5) is 16.2 Å². The number of rotatable bonds is 6. The molecule has 4 aromatic carbocycles. The molecule has 0 bridgehead atoms. The van der Waals surface area contributed by atoms with Gasteiger partial charge in [0.05, 0.1) is 17.9 Å². The van der Waals surface area contributed by atoms with Gasteiger partial charge in [-0.2, -0.15) is 0 Å². The topological polar surface area (TPSA) is 90.9 Å². The zero-order valence-electron chi connectivity index (χ0n) is 22.6. The summed E-state index contributed by atoms with van der Waals surface area (Å²) in [5.74, 6) is -0.710. The highest BCUT2D eigenvalue weighted by Gasteiger charge is 2.34. The Morgan fingerprint density at radius 3 is 2.20 bits per heavy atom. The number of nitrogens with one attached hydrogen (secondary N) is 2. The van der Waals surface area contributed by atoms with Gasteiger partial charge < -0.3 is 15.5 Å². The van der Waals surface area contributed by atoms with E-state index in [1.807, 2.05) is 99.6 Å². The number of nitrogens with zero attached hydrogens (tertiary/aromatic N) is 2. The minimum absolute atomic E-state index is 0.199. The molecule has 200 valence electrons. The average molecular weight is 531 g/mol. The third-order valence-electron chi connectivity index (χ3n) is 6.75. The summed E-state index contributed by atoms with van der Waals surface area (Å²) in [6, 6.07) is 29.3. The Kier molecular flexibility index (Phi) is 7.55. The molecule has 3 amide bonds. The van der Waals surface area contributed by atoms with E-state index in [-0.39, 0.29) is 12.3 Å². The molecule has 7 nitrogen and oxygen atoms in total. The van der Waals surface area contributed by atoms with Gasteiger partial charge in [0.15, 0.2) is 5.78 Å². The van der Waals surface area contributed by atoms with Gasteiger partial charge in [-0.3, -0.25) is 9.59 Å². The standard InChI is InChI=1S/C33H30N4O3/c1-21-17-22(2)19-25(18-21)34-33(40)36-31-32(39)37(20-29(38)26-14-8-7-11-23(26)3)28-16-10-9-15-27(28)30(35-31)24-12-5-4-6-13-24/h4-19,31H,20H2,1-3H3,(H2,34,36,40)/t31-/m0/s1. The fourth-order valence-electron chi connectivity index (χ4n) is 4.97. The van der Waals surface area contributed by atoms with Crippen LogP contribution >= 0.6 is 0 Å². The van der Waals surface area contributed by atoms with Crippen LogP contribution in [0.1, 0.15) is 38.2 Å². The molecule has 0 saturated heterocycles. The number of Topliss-reactive ketones (excluding diaryl/α,β-unsaturated/α-hetero) is 1. The van der Waals surface area contributed by atoms with Crippen molar-refractivity contribution in [2.24, 2.45) is 4.99 Å². The molecule has 0 aromatic heterocycles. The number of carbonyl (C=O) groups excluding carboxylic acids is 3. The molecule has 40 heavy (non-hydrogen) atoms. The van der Waals surface area contributed by atoms with Gasteiger partial charge >= 0.3 is 6.03 Å². The Bertz CT molecular complexity index is 1610. The molecule has 1 aliphatic rings. The van der Waals surface area contributed by atoms with E-state index in [1.54, 1.807) is 18.2 Å². The van der Waals surface area contributed by atoms with Crippen molar-refractivity contribution in [1.82, 2.24) is 5.32 Å². The van der Waals surface area contributed by atoms with E-state index in [2.05, 4.69) is 10.6 Å². The van der Waals surface area contributed by atoms with E-state index < -0.39 is 18.1 Å². The van der Waals surface area contributed by atoms with E-state index in [0.29, 0.717) is 28.2 Å². The van der Waals surface area contributed by atoms with Gasteiger partial charge in [-0.05, 0) is 55.7 Å². The predicted molar refractivity (Wildman–Crippen MR) is 158 cm³/mol. The summed E-state index contributed by atoms with van der Waals surface area (Å²) in [7, 11) is 0. The van der Waals surface area contributed by atoms with Crippen LogP contribution in [0.2, 0.25) is 0 Å². The molecule has 1 heterocycles. The van der Waals surface area contributed by atoms with Crippen LogP contribution < -0.4 is 15.5 Å². The number of benzene rings is 4. The molecule has 0 unspecified atom stereocenters. The van der Waals surface area contributed by atoms with E-state index in [1.165, 1.54) is 4.90 Å². The van der Waals surface area contributed by atoms with E-state index >= 15 is 0 Å². The third kappa shape index (κ3) is 5.68. The van der Waals surface area contributed by atoms with Crippen LogP contribution in [0.25, 0.3) is 0 Å². The number of benzodiazepines with no additional fused rings is 1. The Balaban J connectivity index is 1.54. The number of aryl methyl sites for hydroxylation is 3. The van der Waals surface area contributed by atoms with Crippen molar-refractivity contribution in [2.75, 3.05) is 16.8 Å². The maximum absolute atomic E-state index is 14.1. The minimum Gasteiger partial charge on any atom is -0.308 e. The lowest BCUT2D eigenvalue weighted by Crippen LogP contribution is -2.50. The van der Waals surface area contributed by atoms with Gasteiger partial charge in [0.2, 0.25) is 6.17 Å². The average Bonchev–Trinajstić information content (AvgIpc) is 3.04. The van der Waals surface area contributed by atoms with E-state index in [0.717, 1.165) is 22.3 Å². The Morgan fingerprint density at radius 2 is 1.48 bits per heavy atom. The Morgan fingerprint density at radius 1 is 0.825 bits per heavy atom. The molecular formula is C33H30N4O3. The number of aliphatic imine (C=N–C) groups is 1. The van der Waals surface area contributed by atoms with Crippen molar-refractivity contribution in [2.45, 2.75) is 26.9 Å². The van der Waals surface area contributed by atoms with Crippen molar-refractivity contribution < 1.29 is 14.4 Å². The lowest BCUT2D eigenvalue weighted by Gasteiger charge is -2.25. The van der Waals surface area contributed by atoms with Crippen LogP contribution in [0.15, 0.2) is 102 Å². The zero-order valence-corrected chi connectivity index (χ0v) is 22.6. The highest BCUT2D eigenvalue weighted by atomic mass is 16.2. The largest absolute Gasteiger partial charge is 0.321 e. The lowest BCUT2D eigenvalue weighted by molar-refractivity contribution is -0.120. The van der Waals surface area contributed by atoms with E-state index in [4.69, 9.17) is 4.99 Å². The number of urea groups is 1. The van der Waals surface area contributed by atoms with Crippen molar-refractivity contribution in [3.8, 4) is 0 Å². The number of ketones is 1. The lowest BCUT2D eigenvalue weighted by atomic mass is 9.99. The van der Waals surface area contributed by atoms with Crippen LogP contribution in [-0.4, -0.2) is 36.1 Å². The summed E-state index contributed by atoms with van der Waals surface area (Å²) in [5, 5.41) is 5.56. The Labute approximate surface area is 233 Å². The number of anilines is 2. The second-order valence-electron chi connectivity index (χ2n) is 9.90. The van der Waals surface area contributed by atoms with Crippen LogP contribution in [0.3, 0.4) is 0 Å². The minimum atomic E-state index is -1.27. The molecule has 4 aromatic rings. The molecule has 0 radical (unpaired) electrons. The molecule has 1 aliphatic heterocycles. The van der Waals surface area contributed by atoms with Gasteiger partial charge in [0.25, 0.3) is 5.91 Å². The SMILES string of the molecule is Cc1cc(C)cc(NC(=O)N[C@@H]2N=C(c3ccccc3)c3ccccc3N(CC(=O)c3ccccc3C)C2=O)c1. The third-order valence-corrected chi connectivity index (χ3v) is 6.75. The van der Waals surface area contributed by atoms with Crippen molar-refractivity contribution in [3.05, 3.63) is 130 Å². The first-order valence-corrected chi connectivity index (χ1v) is 13.1. The van der Waals surface area contributed by atoms with Crippen LogP contribution in [-0.2, 0) is 4.79 Å². The summed E-state index contributed by atoms with van der Waals surface area (Å²) in [4.78, 5) is 46.9. The first-order chi connectivity index (χ1) is 19.3. The highest BCUT2D eigenvalue weighted by molar-refractivity contribution is 6.21. The fourth-order valence-corrected chi connectivity index (χ4v) is 4.97. The molecule has 0 aliphatic carbocycles. The zero-order chi connectivity index (χ0) is 28.2. The molecule has 0 saturated carbocycles. The second-order valence-corrected chi connectivity index (χ2v) is 9.90. The van der Waals surface area contributed by atoms with Gasteiger partial charge in [-0.15, -0.1) is 0 Å². The van der Waals surface area contributed by atoms with Crippen LogP contribution in [0, 0.1) is 20.8 Å². The van der Waals surface area contributed by atoms with Gasteiger partial charge in [-0.25, -0.2) is 9.79 Å². The van der Waals surface area contributed by atoms with Crippen molar-refractivity contribution in [3.63, 3.8) is 0 Å².